The molecule has 0 saturated heterocycles. The zero-order chi connectivity index (χ0) is 17.7. The van der Waals surface area contributed by atoms with Gasteiger partial charge >= 0.3 is 6.18 Å². The second-order valence-electron chi connectivity index (χ2n) is 5.33. The first kappa shape index (κ1) is 17.7. The summed E-state index contributed by atoms with van der Waals surface area (Å²) in [4.78, 5) is 22.5. The number of nitrogens with zero attached hydrogens (tertiary/aromatic N) is 1. The van der Waals surface area contributed by atoms with Crippen molar-refractivity contribution in [1.82, 2.24) is 0 Å². The molecule has 0 spiro atoms. The molecule has 24 heavy (non-hydrogen) atoms. The molecular weight excluding hydrogens is 323 g/mol. The molecule has 0 aliphatic rings. The molecule has 0 radical (unpaired) electrons. The first-order chi connectivity index (χ1) is 11.3. The summed E-state index contributed by atoms with van der Waals surface area (Å²) in [7, 11) is 0. The molecule has 0 unspecified atom stereocenters. The molecule has 0 amide bonds. The number of benzene rings is 2. The molecule has 2 aromatic carbocycles. The van der Waals surface area contributed by atoms with Gasteiger partial charge in [-0.1, -0.05) is 42.5 Å². The summed E-state index contributed by atoms with van der Waals surface area (Å²) >= 11 is 0. The van der Waals surface area contributed by atoms with Gasteiger partial charge in [-0.05, 0) is 17.7 Å². The molecule has 4 nitrogen and oxygen atoms in total. The molecule has 2 aromatic rings. The largest absolute Gasteiger partial charge is 0.416 e. The van der Waals surface area contributed by atoms with Crippen molar-refractivity contribution in [3.63, 3.8) is 0 Å². The van der Waals surface area contributed by atoms with E-state index in [-0.39, 0.29) is 12.2 Å². The van der Waals surface area contributed by atoms with Gasteiger partial charge in [0.2, 0.25) is 6.54 Å². The highest BCUT2D eigenvalue weighted by Crippen LogP contribution is 2.31. The minimum absolute atomic E-state index is 0.143. The van der Waals surface area contributed by atoms with Gasteiger partial charge in [-0.25, -0.2) is 0 Å². The lowest BCUT2D eigenvalue weighted by atomic mass is 9.91. The van der Waals surface area contributed by atoms with Gasteiger partial charge in [0.1, 0.15) is 0 Å². The van der Waals surface area contributed by atoms with Crippen LogP contribution in [0.2, 0.25) is 0 Å². The van der Waals surface area contributed by atoms with Crippen LogP contribution in [-0.4, -0.2) is 17.3 Å². The molecule has 126 valence electrons. The predicted octanol–water partition coefficient (Wildman–Crippen LogP) is 4.34. The Balaban J connectivity index is 2.22. The Hall–Kier alpha value is -2.70. The van der Waals surface area contributed by atoms with Crippen LogP contribution in [0, 0.1) is 10.1 Å². The second-order valence-corrected chi connectivity index (χ2v) is 5.33. The van der Waals surface area contributed by atoms with Gasteiger partial charge in [-0.2, -0.15) is 13.2 Å². The van der Waals surface area contributed by atoms with Crippen molar-refractivity contribution in [3.05, 3.63) is 81.4 Å². The van der Waals surface area contributed by atoms with Crippen molar-refractivity contribution in [1.29, 1.82) is 0 Å². The Kier molecular flexibility index (Phi) is 5.33. The standard InChI is InChI=1S/C17H14F3NO3/c18-17(19,20)15-8-6-12(7-9-15)14(11-21(23)24)10-16(22)13-4-2-1-3-5-13/h1-9,14H,10-11H2/t14-/m0/s1. The fourth-order valence-corrected chi connectivity index (χ4v) is 2.38. The molecule has 0 aliphatic carbocycles. The number of Topliss-reactive ketones (excluding diaryl/α,β-unsaturated/α-hetero) is 1. The van der Waals surface area contributed by atoms with Crippen molar-refractivity contribution >= 4 is 5.78 Å². The van der Waals surface area contributed by atoms with Crippen LogP contribution in [0.1, 0.15) is 33.8 Å². The quantitative estimate of drug-likeness (QED) is 0.447. The molecule has 0 heterocycles. The third kappa shape index (κ3) is 4.65. The van der Waals surface area contributed by atoms with E-state index in [1.54, 1.807) is 30.3 Å². The van der Waals surface area contributed by atoms with E-state index in [4.69, 9.17) is 0 Å². The zero-order valence-electron chi connectivity index (χ0n) is 12.5. The summed E-state index contributed by atoms with van der Waals surface area (Å²) in [5.41, 5.74) is -0.0813. The van der Waals surface area contributed by atoms with Crippen LogP contribution < -0.4 is 0 Å². The summed E-state index contributed by atoms with van der Waals surface area (Å²) in [5, 5.41) is 10.8. The molecule has 0 aliphatic heterocycles. The number of rotatable bonds is 6. The summed E-state index contributed by atoms with van der Waals surface area (Å²) < 4.78 is 37.8. The van der Waals surface area contributed by atoms with Crippen molar-refractivity contribution < 1.29 is 22.9 Å². The van der Waals surface area contributed by atoms with Gasteiger partial charge < -0.3 is 0 Å². The van der Waals surface area contributed by atoms with E-state index in [9.17, 15) is 28.1 Å². The lowest BCUT2D eigenvalue weighted by molar-refractivity contribution is -0.483. The van der Waals surface area contributed by atoms with E-state index in [2.05, 4.69) is 0 Å². The Bertz CT molecular complexity index is 712. The van der Waals surface area contributed by atoms with Crippen LogP contribution in [0.15, 0.2) is 54.6 Å². The van der Waals surface area contributed by atoms with E-state index in [1.807, 2.05) is 0 Å². The van der Waals surface area contributed by atoms with Crippen LogP contribution in [-0.2, 0) is 6.18 Å². The van der Waals surface area contributed by atoms with E-state index >= 15 is 0 Å². The third-order valence-electron chi connectivity index (χ3n) is 3.61. The summed E-state index contributed by atoms with van der Waals surface area (Å²) in [6.07, 6.45) is -4.62. The SMILES string of the molecule is O=C(C[C@@H](C[N+](=O)[O-])c1ccc(C(F)(F)F)cc1)c1ccccc1. The summed E-state index contributed by atoms with van der Waals surface area (Å²) in [6, 6.07) is 12.4. The maximum atomic E-state index is 12.6. The molecular formula is C17H14F3NO3. The molecule has 1 atom stereocenters. The summed E-state index contributed by atoms with van der Waals surface area (Å²) in [6.45, 7) is -0.524. The van der Waals surface area contributed by atoms with Crippen molar-refractivity contribution in [3.8, 4) is 0 Å². The highest BCUT2D eigenvalue weighted by Gasteiger charge is 2.31. The Labute approximate surface area is 136 Å². The van der Waals surface area contributed by atoms with Gasteiger partial charge in [-0.15, -0.1) is 0 Å². The molecule has 0 N–H and O–H groups in total. The maximum absolute atomic E-state index is 12.6. The smallest absolute Gasteiger partial charge is 0.294 e. The van der Waals surface area contributed by atoms with Crippen LogP contribution >= 0.6 is 0 Å². The molecule has 0 saturated carbocycles. The van der Waals surface area contributed by atoms with E-state index in [0.717, 1.165) is 12.1 Å². The number of carbonyl (C=O) groups excluding carboxylic acids is 1. The molecule has 2 rings (SSSR count). The Morgan fingerprint density at radius 2 is 1.62 bits per heavy atom. The maximum Gasteiger partial charge on any atom is 0.416 e. The molecule has 0 bridgehead atoms. The highest BCUT2D eigenvalue weighted by molar-refractivity contribution is 5.96. The van der Waals surface area contributed by atoms with E-state index in [0.29, 0.717) is 11.1 Å². The molecule has 0 fully saturated rings. The van der Waals surface area contributed by atoms with Crippen molar-refractivity contribution in [2.45, 2.75) is 18.5 Å². The molecule has 7 heteroatoms. The normalized spacial score (nSPS) is 12.6. The van der Waals surface area contributed by atoms with Crippen LogP contribution in [0.5, 0.6) is 0 Å². The minimum atomic E-state index is -4.48. The van der Waals surface area contributed by atoms with Crippen molar-refractivity contribution in [2.75, 3.05) is 6.54 Å². The first-order valence-electron chi connectivity index (χ1n) is 7.14. The van der Waals surface area contributed by atoms with Crippen LogP contribution in [0.4, 0.5) is 13.2 Å². The fraction of sp³-hybridized carbons (Fsp3) is 0.235. The number of carbonyl (C=O) groups is 1. The minimum Gasteiger partial charge on any atom is -0.294 e. The highest BCUT2D eigenvalue weighted by atomic mass is 19.4. The lowest BCUT2D eigenvalue weighted by Gasteiger charge is -2.14. The first-order valence-corrected chi connectivity index (χ1v) is 7.14. The van der Waals surface area contributed by atoms with Gasteiger partial charge in [0.15, 0.2) is 5.78 Å². The number of alkyl halides is 3. The van der Waals surface area contributed by atoms with Gasteiger partial charge in [-0.3, -0.25) is 14.9 Å². The van der Waals surface area contributed by atoms with Crippen LogP contribution in [0.3, 0.4) is 0 Å². The number of hydrogen-bond donors (Lipinski definition) is 0. The van der Waals surface area contributed by atoms with E-state index < -0.39 is 29.1 Å². The Morgan fingerprint density at radius 3 is 2.12 bits per heavy atom. The average molecular weight is 337 g/mol. The van der Waals surface area contributed by atoms with Gasteiger partial charge in [0.05, 0.1) is 11.5 Å². The Morgan fingerprint density at radius 1 is 1.04 bits per heavy atom. The second kappa shape index (κ2) is 7.25. The number of hydrogen-bond acceptors (Lipinski definition) is 3. The van der Waals surface area contributed by atoms with Crippen molar-refractivity contribution in [2.24, 2.45) is 0 Å². The van der Waals surface area contributed by atoms with Crippen LogP contribution in [0.25, 0.3) is 0 Å². The van der Waals surface area contributed by atoms with Gasteiger partial charge in [0, 0.05) is 16.9 Å². The van der Waals surface area contributed by atoms with E-state index in [1.165, 1.54) is 12.1 Å². The monoisotopic (exact) mass is 337 g/mol. The average Bonchev–Trinajstić information content (AvgIpc) is 2.54. The van der Waals surface area contributed by atoms with Gasteiger partial charge in [0.25, 0.3) is 0 Å². The third-order valence-corrected chi connectivity index (χ3v) is 3.61. The summed E-state index contributed by atoms with van der Waals surface area (Å²) in [5.74, 6) is -1.07. The fourth-order valence-electron chi connectivity index (χ4n) is 2.38. The number of halogens is 3. The topological polar surface area (TPSA) is 60.2 Å². The lowest BCUT2D eigenvalue weighted by Crippen LogP contribution is -2.17. The number of ketones is 1. The zero-order valence-corrected chi connectivity index (χ0v) is 12.5. The molecule has 0 aromatic heterocycles. The predicted molar refractivity (Wildman–Crippen MR) is 81.4 cm³/mol. The number of nitro groups is 1.